The third-order valence-corrected chi connectivity index (χ3v) is 5.74. The van der Waals surface area contributed by atoms with Gasteiger partial charge < -0.3 is 10.2 Å². The first-order valence-electron chi connectivity index (χ1n) is 10.2. The standard InChI is InChI=1S/C22H23ClF2N6O/c1-14-8-22(24,25)13-31(18(14)11-28-21-26-9-16(23)10-27-21)20(32)19-17(12-30(2)29-19)15-6-4-3-5-7-15/h3-7,9-10,12,14,18H,8,11,13H2,1-2H3,(H,26,27,28). The van der Waals surface area contributed by atoms with E-state index in [9.17, 15) is 13.6 Å². The molecule has 0 saturated carbocycles. The van der Waals surface area contributed by atoms with E-state index in [0.717, 1.165) is 5.56 Å². The van der Waals surface area contributed by atoms with Crippen LogP contribution in [0.1, 0.15) is 23.8 Å². The summed E-state index contributed by atoms with van der Waals surface area (Å²) >= 11 is 5.82. The van der Waals surface area contributed by atoms with Crippen molar-refractivity contribution in [2.24, 2.45) is 13.0 Å². The van der Waals surface area contributed by atoms with Crippen LogP contribution in [0.25, 0.3) is 11.1 Å². The van der Waals surface area contributed by atoms with Crippen LogP contribution in [0.15, 0.2) is 48.9 Å². The summed E-state index contributed by atoms with van der Waals surface area (Å²) in [6.07, 6.45) is 4.30. The predicted octanol–water partition coefficient (Wildman–Crippen LogP) is 4.13. The minimum absolute atomic E-state index is 0.149. The summed E-state index contributed by atoms with van der Waals surface area (Å²) in [5, 5.41) is 7.75. The van der Waals surface area contributed by atoms with E-state index in [1.807, 2.05) is 30.3 Å². The molecule has 1 aliphatic rings. The van der Waals surface area contributed by atoms with E-state index in [1.54, 1.807) is 20.2 Å². The Morgan fingerprint density at radius 3 is 2.62 bits per heavy atom. The summed E-state index contributed by atoms with van der Waals surface area (Å²) < 4.78 is 30.5. The first-order valence-corrected chi connectivity index (χ1v) is 10.6. The molecule has 2 atom stereocenters. The zero-order valence-corrected chi connectivity index (χ0v) is 18.4. The molecule has 7 nitrogen and oxygen atoms in total. The topological polar surface area (TPSA) is 75.9 Å². The van der Waals surface area contributed by atoms with Crippen LogP contribution >= 0.6 is 11.6 Å². The molecule has 1 amide bonds. The largest absolute Gasteiger partial charge is 0.352 e. The van der Waals surface area contributed by atoms with Gasteiger partial charge in [-0.25, -0.2) is 18.7 Å². The number of carbonyl (C=O) groups is 1. The summed E-state index contributed by atoms with van der Waals surface area (Å²) in [5.41, 5.74) is 1.55. The summed E-state index contributed by atoms with van der Waals surface area (Å²) in [4.78, 5) is 22.9. The van der Waals surface area contributed by atoms with Crippen molar-refractivity contribution in [1.29, 1.82) is 0 Å². The number of aryl methyl sites for hydroxylation is 1. The van der Waals surface area contributed by atoms with Crippen molar-refractivity contribution in [3.8, 4) is 11.1 Å². The van der Waals surface area contributed by atoms with E-state index in [4.69, 9.17) is 11.6 Å². The number of likely N-dealkylation sites (tertiary alicyclic amines) is 1. The molecule has 32 heavy (non-hydrogen) atoms. The number of aromatic nitrogens is 4. The van der Waals surface area contributed by atoms with E-state index in [2.05, 4.69) is 20.4 Å². The van der Waals surface area contributed by atoms with E-state index in [0.29, 0.717) is 16.5 Å². The van der Waals surface area contributed by atoms with Gasteiger partial charge in [-0.05, 0) is 11.5 Å². The van der Waals surface area contributed by atoms with Crippen molar-refractivity contribution in [2.75, 3.05) is 18.4 Å². The van der Waals surface area contributed by atoms with Gasteiger partial charge in [0.2, 0.25) is 5.95 Å². The number of hydrogen-bond donors (Lipinski definition) is 1. The van der Waals surface area contributed by atoms with Crippen molar-refractivity contribution in [3.63, 3.8) is 0 Å². The lowest BCUT2D eigenvalue weighted by atomic mass is 9.88. The van der Waals surface area contributed by atoms with E-state index in [1.165, 1.54) is 22.0 Å². The lowest BCUT2D eigenvalue weighted by Crippen LogP contribution is -2.57. The number of halogens is 3. The molecule has 1 saturated heterocycles. The Morgan fingerprint density at radius 1 is 1.25 bits per heavy atom. The SMILES string of the molecule is CC1CC(F)(F)CN(C(=O)c2nn(C)cc2-c2ccccc2)C1CNc1ncc(Cl)cn1. The number of rotatable bonds is 5. The van der Waals surface area contributed by atoms with Gasteiger partial charge in [-0.15, -0.1) is 0 Å². The normalized spacial score (nSPS) is 20.2. The second-order valence-electron chi connectivity index (χ2n) is 8.07. The quantitative estimate of drug-likeness (QED) is 0.619. The van der Waals surface area contributed by atoms with E-state index < -0.39 is 30.3 Å². The molecular formula is C22H23ClF2N6O. The van der Waals surface area contributed by atoms with Crippen LogP contribution in [-0.2, 0) is 7.05 Å². The predicted molar refractivity (Wildman–Crippen MR) is 118 cm³/mol. The summed E-state index contributed by atoms with van der Waals surface area (Å²) in [7, 11) is 1.70. The zero-order chi connectivity index (χ0) is 22.9. The summed E-state index contributed by atoms with van der Waals surface area (Å²) in [6, 6.07) is 8.80. The highest BCUT2D eigenvalue weighted by Gasteiger charge is 2.46. The number of carbonyl (C=O) groups excluding carboxylic acids is 1. The highest BCUT2D eigenvalue weighted by Crippen LogP contribution is 2.36. The number of hydrogen-bond acceptors (Lipinski definition) is 5. The first-order chi connectivity index (χ1) is 15.2. The molecule has 0 aliphatic carbocycles. The van der Waals surface area contributed by atoms with E-state index in [-0.39, 0.29) is 18.7 Å². The Labute approximate surface area is 189 Å². The Morgan fingerprint density at radius 2 is 1.94 bits per heavy atom. The fraction of sp³-hybridized carbons (Fsp3) is 0.364. The maximum atomic E-state index is 14.5. The Hall–Kier alpha value is -3.07. The molecule has 2 unspecified atom stereocenters. The maximum absolute atomic E-state index is 14.5. The number of nitrogens with one attached hydrogen (secondary N) is 1. The van der Waals surface area contributed by atoms with Crippen LogP contribution in [0.3, 0.4) is 0 Å². The van der Waals surface area contributed by atoms with Gasteiger partial charge in [0.15, 0.2) is 5.69 Å². The molecule has 0 spiro atoms. The molecule has 1 fully saturated rings. The highest BCUT2D eigenvalue weighted by molar-refractivity contribution is 6.30. The van der Waals surface area contributed by atoms with Crippen molar-refractivity contribution in [3.05, 3.63) is 59.6 Å². The van der Waals surface area contributed by atoms with Gasteiger partial charge in [-0.3, -0.25) is 9.48 Å². The van der Waals surface area contributed by atoms with E-state index >= 15 is 0 Å². The van der Waals surface area contributed by atoms with Crippen LogP contribution in [0.5, 0.6) is 0 Å². The lowest BCUT2D eigenvalue weighted by molar-refractivity contribution is -0.0898. The van der Waals surface area contributed by atoms with Gasteiger partial charge in [0, 0.05) is 31.8 Å². The minimum atomic E-state index is -2.98. The molecule has 10 heteroatoms. The average molecular weight is 461 g/mol. The third kappa shape index (κ3) is 4.72. The molecule has 3 heterocycles. The molecule has 1 aliphatic heterocycles. The Bertz CT molecular complexity index is 1090. The zero-order valence-electron chi connectivity index (χ0n) is 17.7. The monoisotopic (exact) mass is 460 g/mol. The van der Waals surface area contributed by atoms with Gasteiger partial charge in [-0.1, -0.05) is 48.9 Å². The number of amides is 1. The van der Waals surface area contributed by atoms with Crippen LogP contribution < -0.4 is 5.32 Å². The Balaban J connectivity index is 1.64. The number of benzene rings is 1. The molecule has 1 aromatic carbocycles. The maximum Gasteiger partial charge on any atom is 0.275 e. The summed E-state index contributed by atoms with van der Waals surface area (Å²) in [5.74, 6) is -3.65. The number of piperidine rings is 1. The summed E-state index contributed by atoms with van der Waals surface area (Å²) in [6.45, 7) is 1.27. The number of anilines is 1. The van der Waals surface area contributed by atoms with Crippen molar-refractivity contribution < 1.29 is 13.6 Å². The van der Waals surface area contributed by atoms with Gasteiger partial charge in [0.25, 0.3) is 11.8 Å². The fourth-order valence-corrected chi connectivity index (χ4v) is 4.19. The van der Waals surface area contributed by atoms with Gasteiger partial charge in [-0.2, -0.15) is 5.10 Å². The van der Waals surface area contributed by atoms with Crippen molar-refractivity contribution in [2.45, 2.75) is 25.3 Å². The average Bonchev–Trinajstić information content (AvgIpc) is 3.15. The Kier molecular flexibility index (Phi) is 6.10. The smallest absolute Gasteiger partial charge is 0.275 e. The third-order valence-electron chi connectivity index (χ3n) is 5.55. The van der Waals surface area contributed by atoms with Crippen LogP contribution in [0, 0.1) is 5.92 Å². The number of alkyl halides is 2. The van der Waals surface area contributed by atoms with Crippen LogP contribution in [-0.4, -0.2) is 55.6 Å². The van der Waals surface area contributed by atoms with Gasteiger partial charge in [0.05, 0.1) is 30.0 Å². The van der Waals surface area contributed by atoms with Crippen LogP contribution in [0.4, 0.5) is 14.7 Å². The number of nitrogens with zero attached hydrogens (tertiary/aromatic N) is 5. The second kappa shape index (κ2) is 8.82. The minimum Gasteiger partial charge on any atom is -0.352 e. The molecule has 168 valence electrons. The van der Waals surface area contributed by atoms with Gasteiger partial charge >= 0.3 is 0 Å². The fourth-order valence-electron chi connectivity index (χ4n) is 4.09. The molecule has 3 aromatic rings. The van der Waals surface area contributed by atoms with Crippen LogP contribution in [0.2, 0.25) is 5.02 Å². The molecule has 4 rings (SSSR count). The molecule has 0 bridgehead atoms. The second-order valence-corrected chi connectivity index (χ2v) is 8.51. The van der Waals surface area contributed by atoms with Crippen molar-refractivity contribution >= 4 is 23.5 Å². The lowest BCUT2D eigenvalue weighted by Gasteiger charge is -2.43. The molecular weight excluding hydrogens is 438 g/mol. The first kappa shape index (κ1) is 22.1. The molecule has 0 radical (unpaired) electrons. The van der Waals surface area contributed by atoms with Gasteiger partial charge in [0.1, 0.15) is 0 Å². The highest BCUT2D eigenvalue weighted by atomic mass is 35.5. The van der Waals surface area contributed by atoms with Crippen molar-refractivity contribution in [1.82, 2.24) is 24.6 Å². The molecule has 2 aromatic heterocycles. The molecule has 1 N–H and O–H groups in total.